The molecule has 0 spiro atoms. The van der Waals surface area contributed by atoms with Crippen molar-refractivity contribution in [3.63, 3.8) is 0 Å². The number of imide groups is 1. The molecule has 1 heterocycles. The van der Waals surface area contributed by atoms with Gasteiger partial charge in [-0.2, -0.15) is 0 Å². The maximum Gasteiger partial charge on any atom is 0.293 e. The molecule has 0 radical (unpaired) electrons. The Kier molecular flexibility index (Phi) is 6.62. The first-order valence-corrected chi connectivity index (χ1v) is 10.3. The number of ether oxygens (including phenoxy) is 1. The number of hydrogen-bond acceptors (Lipinski definition) is 4. The number of hydrogen-bond donors (Lipinski definition) is 0. The average molecular weight is 512 g/mol. The van der Waals surface area contributed by atoms with Crippen molar-refractivity contribution in [2.75, 3.05) is 6.61 Å². The highest BCUT2D eigenvalue weighted by atomic mass is 127. The zero-order valence-corrected chi connectivity index (χ0v) is 17.9. The van der Waals surface area contributed by atoms with Gasteiger partial charge >= 0.3 is 0 Å². The molecule has 3 rings (SSSR count). The highest BCUT2D eigenvalue weighted by molar-refractivity contribution is 14.1. The lowest BCUT2D eigenvalue weighted by atomic mass is 10.2. The summed E-state index contributed by atoms with van der Waals surface area (Å²) in [6.07, 6.45) is 3.41. The van der Waals surface area contributed by atoms with Gasteiger partial charge in [-0.3, -0.25) is 14.5 Å². The highest BCUT2D eigenvalue weighted by Crippen LogP contribution is 2.34. The molecule has 7 heteroatoms. The average Bonchev–Trinajstić information content (AvgIpc) is 2.90. The second-order valence-electron chi connectivity index (χ2n) is 5.68. The van der Waals surface area contributed by atoms with Gasteiger partial charge in [0.2, 0.25) is 0 Å². The van der Waals surface area contributed by atoms with Crippen molar-refractivity contribution in [1.29, 1.82) is 0 Å². The van der Waals surface area contributed by atoms with Crippen molar-refractivity contribution < 1.29 is 14.3 Å². The second-order valence-corrected chi connectivity index (χ2v) is 8.28. The molecule has 2 amide bonds. The van der Waals surface area contributed by atoms with Crippen molar-refractivity contribution in [3.8, 4) is 5.75 Å². The van der Waals surface area contributed by atoms with Gasteiger partial charge in [0, 0.05) is 5.02 Å². The number of amides is 2. The standard InChI is InChI=1S/C20H15ClINO3S/c1-2-9-26-17-8-5-14(10-16(17)22)11-18-19(24)23(20(25)27-18)12-13-3-6-15(21)7-4-13/h2-8,10-11H,1,9,12H2/b18-11-. The van der Waals surface area contributed by atoms with E-state index in [0.29, 0.717) is 16.5 Å². The fraction of sp³-hybridized carbons (Fsp3) is 0.100. The van der Waals surface area contributed by atoms with E-state index in [9.17, 15) is 9.59 Å². The van der Waals surface area contributed by atoms with E-state index in [1.54, 1.807) is 36.4 Å². The van der Waals surface area contributed by atoms with Crippen molar-refractivity contribution in [2.24, 2.45) is 0 Å². The van der Waals surface area contributed by atoms with Crippen LogP contribution in [0.2, 0.25) is 5.02 Å². The number of rotatable bonds is 6. The van der Waals surface area contributed by atoms with E-state index < -0.39 is 0 Å². The first kappa shape index (κ1) is 20.0. The molecule has 27 heavy (non-hydrogen) atoms. The van der Waals surface area contributed by atoms with Crippen molar-refractivity contribution in [1.82, 2.24) is 4.90 Å². The molecule has 4 nitrogen and oxygen atoms in total. The summed E-state index contributed by atoms with van der Waals surface area (Å²) in [5.74, 6) is 0.463. The minimum absolute atomic E-state index is 0.227. The van der Waals surface area contributed by atoms with Gasteiger partial charge in [0.25, 0.3) is 11.1 Å². The molecule has 1 aliphatic rings. The Morgan fingerprint density at radius 2 is 1.93 bits per heavy atom. The van der Waals surface area contributed by atoms with Crippen LogP contribution in [0.4, 0.5) is 4.79 Å². The van der Waals surface area contributed by atoms with Crippen molar-refractivity contribution >= 4 is 63.2 Å². The predicted octanol–water partition coefficient (Wildman–Crippen LogP) is 5.75. The third-order valence-corrected chi connectivity index (χ3v) is 5.74. The third kappa shape index (κ3) is 4.94. The first-order valence-electron chi connectivity index (χ1n) is 8.01. The van der Waals surface area contributed by atoms with Crippen molar-refractivity contribution in [3.05, 3.63) is 79.7 Å². The monoisotopic (exact) mass is 511 g/mol. The maximum absolute atomic E-state index is 12.6. The van der Waals surface area contributed by atoms with E-state index in [1.165, 1.54) is 4.90 Å². The lowest BCUT2D eigenvalue weighted by Gasteiger charge is -2.12. The van der Waals surface area contributed by atoms with E-state index in [1.807, 2.05) is 18.2 Å². The number of nitrogens with zero attached hydrogens (tertiary/aromatic N) is 1. The smallest absolute Gasteiger partial charge is 0.293 e. The summed E-state index contributed by atoms with van der Waals surface area (Å²) in [6.45, 7) is 4.28. The van der Waals surface area contributed by atoms with E-state index in [-0.39, 0.29) is 17.7 Å². The molecule has 0 bridgehead atoms. The van der Waals surface area contributed by atoms with Gasteiger partial charge in [0.15, 0.2) is 0 Å². The summed E-state index contributed by atoms with van der Waals surface area (Å²) in [5.41, 5.74) is 1.68. The van der Waals surface area contributed by atoms with Gasteiger partial charge in [-0.05, 0) is 75.8 Å². The molecule has 0 saturated carbocycles. The van der Waals surface area contributed by atoms with Gasteiger partial charge in [-0.15, -0.1) is 0 Å². The predicted molar refractivity (Wildman–Crippen MR) is 118 cm³/mol. The molecule has 0 N–H and O–H groups in total. The normalized spacial score (nSPS) is 15.5. The van der Waals surface area contributed by atoms with Gasteiger partial charge in [-0.25, -0.2) is 0 Å². The van der Waals surface area contributed by atoms with Crippen LogP contribution in [0.3, 0.4) is 0 Å². The molecule has 1 fully saturated rings. The minimum Gasteiger partial charge on any atom is -0.488 e. The van der Waals surface area contributed by atoms with Gasteiger partial charge < -0.3 is 4.74 Å². The summed E-state index contributed by atoms with van der Waals surface area (Å²) in [4.78, 5) is 26.6. The molecule has 0 atom stereocenters. The topological polar surface area (TPSA) is 46.6 Å². The van der Waals surface area contributed by atoms with Crippen LogP contribution in [0.25, 0.3) is 6.08 Å². The molecule has 1 saturated heterocycles. The molecule has 0 aliphatic carbocycles. The molecular weight excluding hydrogens is 497 g/mol. The van der Waals surface area contributed by atoms with E-state index in [2.05, 4.69) is 29.2 Å². The lowest BCUT2D eigenvalue weighted by Crippen LogP contribution is -2.27. The van der Waals surface area contributed by atoms with Gasteiger partial charge in [0.1, 0.15) is 12.4 Å². The molecule has 138 valence electrons. The van der Waals surface area contributed by atoms with Crippen LogP contribution in [0.5, 0.6) is 5.75 Å². The molecule has 1 aliphatic heterocycles. The lowest BCUT2D eigenvalue weighted by molar-refractivity contribution is -0.123. The Hall–Kier alpha value is -1.77. The maximum atomic E-state index is 12.6. The zero-order chi connectivity index (χ0) is 19.4. The summed E-state index contributed by atoms with van der Waals surface area (Å²) in [7, 11) is 0. The summed E-state index contributed by atoms with van der Waals surface area (Å²) in [5, 5.41) is 0.338. The van der Waals surface area contributed by atoms with E-state index in [4.69, 9.17) is 16.3 Å². The number of halogens is 2. The van der Waals surface area contributed by atoms with E-state index in [0.717, 1.165) is 32.2 Å². The minimum atomic E-state index is -0.290. The quantitative estimate of drug-likeness (QED) is 0.282. The fourth-order valence-electron chi connectivity index (χ4n) is 2.43. The fourth-order valence-corrected chi connectivity index (χ4v) is 4.09. The van der Waals surface area contributed by atoms with Gasteiger partial charge in [0.05, 0.1) is 15.0 Å². The molecular formula is C20H15ClINO3S. The first-order chi connectivity index (χ1) is 13.0. The number of carbonyl (C=O) groups is 2. The summed E-state index contributed by atoms with van der Waals surface area (Å²) < 4.78 is 6.47. The number of thioether (sulfide) groups is 1. The van der Waals surface area contributed by atoms with Crippen molar-refractivity contribution in [2.45, 2.75) is 6.54 Å². The Morgan fingerprint density at radius 3 is 2.59 bits per heavy atom. The van der Waals surface area contributed by atoms with Crippen LogP contribution in [0.15, 0.2) is 60.0 Å². The van der Waals surface area contributed by atoms with Crippen LogP contribution < -0.4 is 4.74 Å². The van der Waals surface area contributed by atoms with Crippen LogP contribution in [-0.4, -0.2) is 22.7 Å². The van der Waals surface area contributed by atoms with Crippen LogP contribution in [0, 0.1) is 3.57 Å². The summed E-state index contributed by atoms with van der Waals surface area (Å²) in [6, 6.07) is 12.7. The SMILES string of the molecule is C=CCOc1ccc(/C=C2\SC(=O)N(Cc3ccc(Cl)cc3)C2=O)cc1I. The Morgan fingerprint density at radius 1 is 1.19 bits per heavy atom. The summed E-state index contributed by atoms with van der Waals surface area (Å²) >= 11 is 9.00. The second kappa shape index (κ2) is 8.95. The zero-order valence-electron chi connectivity index (χ0n) is 14.2. The Balaban J connectivity index is 1.76. The van der Waals surface area contributed by atoms with Crippen LogP contribution in [-0.2, 0) is 11.3 Å². The highest BCUT2D eigenvalue weighted by Gasteiger charge is 2.34. The van der Waals surface area contributed by atoms with Crippen LogP contribution >= 0.6 is 46.0 Å². The Labute approximate surface area is 180 Å². The molecule has 2 aromatic rings. The van der Waals surface area contributed by atoms with Gasteiger partial charge in [-0.1, -0.05) is 42.5 Å². The largest absolute Gasteiger partial charge is 0.488 e. The molecule has 0 unspecified atom stereocenters. The number of benzene rings is 2. The van der Waals surface area contributed by atoms with Crippen LogP contribution in [0.1, 0.15) is 11.1 Å². The third-order valence-electron chi connectivity index (χ3n) is 3.74. The number of carbonyl (C=O) groups excluding carboxylic acids is 2. The molecule has 0 aromatic heterocycles. The Bertz CT molecular complexity index is 927. The molecule has 2 aromatic carbocycles. The van der Waals surface area contributed by atoms with E-state index >= 15 is 0 Å².